The minimum Gasteiger partial charge on any atom is -0.465 e. The molecule has 2 fully saturated rings. The number of halogens is 3. The Morgan fingerprint density at radius 2 is 1.58 bits per heavy atom. The van der Waals surface area contributed by atoms with Crippen molar-refractivity contribution in [2.24, 2.45) is 0 Å². The number of hydrogen-bond acceptors (Lipinski definition) is 4. The number of alkyl halides is 3. The highest BCUT2D eigenvalue weighted by Gasteiger charge is 2.40. The van der Waals surface area contributed by atoms with Gasteiger partial charge >= 0.3 is 12.3 Å². The van der Waals surface area contributed by atoms with Crippen molar-refractivity contribution in [2.75, 3.05) is 57.3 Å². The van der Waals surface area contributed by atoms with Crippen molar-refractivity contribution >= 4 is 17.7 Å². The number of hydrogen-bond donors (Lipinski definition) is 2. The van der Waals surface area contributed by atoms with Crippen LogP contribution in [0.1, 0.15) is 24.0 Å². The van der Waals surface area contributed by atoms with Crippen LogP contribution in [0.5, 0.6) is 0 Å². The number of piperazine rings is 1. The molecule has 0 saturated carbocycles. The van der Waals surface area contributed by atoms with Crippen molar-refractivity contribution in [2.45, 2.75) is 24.4 Å². The second-order valence-electron chi connectivity index (χ2n) is 9.50. The van der Waals surface area contributed by atoms with Gasteiger partial charge in [0.05, 0.1) is 12.1 Å². The third-order valence-electron chi connectivity index (χ3n) is 7.31. The third-order valence-corrected chi connectivity index (χ3v) is 7.31. The molecule has 0 radical (unpaired) electrons. The quantitative estimate of drug-likeness (QED) is 0.628. The molecular weight excluding hydrogens is 473 g/mol. The van der Waals surface area contributed by atoms with E-state index in [0.717, 1.165) is 38.3 Å². The van der Waals surface area contributed by atoms with Gasteiger partial charge in [-0.25, -0.2) is 4.79 Å². The van der Waals surface area contributed by atoms with Crippen molar-refractivity contribution in [3.8, 4) is 0 Å². The number of nitrogens with zero attached hydrogens (tertiary/aromatic N) is 3. The summed E-state index contributed by atoms with van der Waals surface area (Å²) < 4.78 is 39.9. The molecule has 7 nitrogen and oxygen atoms in total. The molecule has 2 aromatic carbocycles. The maximum Gasteiger partial charge on any atom is 0.416 e. The summed E-state index contributed by atoms with van der Waals surface area (Å²) in [5.41, 5.74) is 0.0380. The summed E-state index contributed by atoms with van der Waals surface area (Å²) in [6, 6.07) is 15.2. The first-order chi connectivity index (χ1) is 17.2. The number of carbonyl (C=O) groups is 2. The van der Waals surface area contributed by atoms with Crippen LogP contribution in [0, 0.1) is 0 Å². The molecule has 0 aliphatic carbocycles. The van der Waals surface area contributed by atoms with Gasteiger partial charge in [-0.05, 0) is 36.6 Å². The van der Waals surface area contributed by atoms with Crippen LogP contribution in [0.2, 0.25) is 0 Å². The van der Waals surface area contributed by atoms with E-state index in [-0.39, 0.29) is 12.5 Å². The van der Waals surface area contributed by atoms with E-state index in [9.17, 15) is 22.8 Å². The summed E-state index contributed by atoms with van der Waals surface area (Å²) in [5.74, 6) is -0.00741. The molecule has 2 aliphatic heterocycles. The molecule has 2 saturated heterocycles. The first-order valence-electron chi connectivity index (χ1n) is 12.1. The lowest BCUT2D eigenvalue weighted by molar-refractivity contribution is -0.137. The van der Waals surface area contributed by atoms with Crippen LogP contribution in [0.25, 0.3) is 0 Å². The molecule has 0 atom stereocenters. The highest BCUT2D eigenvalue weighted by molar-refractivity contribution is 5.78. The Morgan fingerprint density at radius 3 is 2.19 bits per heavy atom. The number of carboxylic acid groups (broad SMARTS) is 1. The van der Waals surface area contributed by atoms with E-state index in [4.69, 9.17) is 5.11 Å². The summed E-state index contributed by atoms with van der Waals surface area (Å²) in [5, 5.41) is 11.5. The highest BCUT2D eigenvalue weighted by Crippen LogP contribution is 2.38. The van der Waals surface area contributed by atoms with E-state index in [1.165, 1.54) is 11.8 Å². The normalized spacial score (nSPS) is 18.6. The Morgan fingerprint density at radius 1 is 0.917 bits per heavy atom. The van der Waals surface area contributed by atoms with Crippen LogP contribution >= 0.6 is 0 Å². The van der Waals surface area contributed by atoms with Gasteiger partial charge in [0.25, 0.3) is 0 Å². The van der Waals surface area contributed by atoms with Crippen molar-refractivity contribution in [3.05, 3.63) is 65.7 Å². The molecule has 0 spiro atoms. The first-order valence-corrected chi connectivity index (χ1v) is 12.1. The van der Waals surface area contributed by atoms with Gasteiger partial charge in [0.1, 0.15) is 0 Å². The number of amides is 2. The summed E-state index contributed by atoms with van der Waals surface area (Å²) in [6.45, 7) is 4.21. The van der Waals surface area contributed by atoms with Crippen LogP contribution in [0.15, 0.2) is 54.6 Å². The monoisotopic (exact) mass is 504 g/mol. The number of rotatable bonds is 6. The van der Waals surface area contributed by atoms with E-state index >= 15 is 0 Å². The molecule has 10 heteroatoms. The predicted molar refractivity (Wildman–Crippen MR) is 130 cm³/mol. The Bertz CT molecular complexity index is 1050. The number of nitrogens with one attached hydrogen (secondary N) is 1. The van der Waals surface area contributed by atoms with Gasteiger partial charge in [-0.2, -0.15) is 13.2 Å². The second kappa shape index (κ2) is 10.8. The molecule has 0 bridgehead atoms. The maximum absolute atomic E-state index is 13.3. The van der Waals surface area contributed by atoms with E-state index in [1.54, 1.807) is 11.0 Å². The Hall–Kier alpha value is -3.27. The number of likely N-dealkylation sites (tertiary alicyclic amines) is 1. The Labute approximate surface area is 208 Å². The van der Waals surface area contributed by atoms with Gasteiger partial charge < -0.3 is 20.2 Å². The number of para-hydroxylation sites is 1. The smallest absolute Gasteiger partial charge is 0.416 e. The fourth-order valence-corrected chi connectivity index (χ4v) is 5.12. The number of piperidine rings is 1. The summed E-state index contributed by atoms with van der Waals surface area (Å²) in [6.07, 6.45) is -4.96. The number of benzene rings is 2. The molecule has 2 heterocycles. The van der Waals surface area contributed by atoms with Gasteiger partial charge in [0.2, 0.25) is 5.91 Å². The average Bonchev–Trinajstić information content (AvgIpc) is 2.88. The Kier molecular flexibility index (Phi) is 7.73. The third kappa shape index (κ3) is 6.10. The fraction of sp³-hybridized carbons (Fsp3) is 0.462. The highest BCUT2D eigenvalue weighted by atomic mass is 19.4. The van der Waals surface area contributed by atoms with Crippen molar-refractivity contribution in [1.82, 2.24) is 15.1 Å². The van der Waals surface area contributed by atoms with Crippen molar-refractivity contribution in [3.63, 3.8) is 0 Å². The van der Waals surface area contributed by atoms with E-state index < -0.39 is 23.2 Å². The van der Waals surface area contributed by atoms with Crippen LogP contribution in [0.3, 0.4) is 0 Å². The largest absolute Gasteiger partial charge is 0.465 e. The predicted octanol–water partition coefficient (Wildman–Crippen LogP) is 3.66. The SMILES string of the molecule is O=C(O)NCC1(c2cccc(C(F)(F)F)c2)CCN(C(=O)CN2CCN(c3ccccc3)CC2)CC1. The number of carbonyl (C=O) groups excluding carboxylic acids is 1. The van der Waals surface area contributed by atoms with Gasteiger partial charge in [-0.15, -0.1) is 0 Å². The van der Waals surface area contributed by atoms with E-state index in [0.29, 0.717) is 38.0 Å². The van der Waals surface area contributed by atoms with Gasteiger partial charge in [-0.3, -0.25) is 9.69 Å². The topological polar surface area (TPSA) is 76.1 Å². The summed E-state index contributed by atoms with van der Waals surface area (Å²) >= 11 is 0. The summed E-state index contributed by atoms with van der Waals surface area (Å²) in [4.78, 5) is 30.4. The minimum atomic E-state index is -4.49. The van der Waals surface area contributed by atoms with Crippen LogP contribution < -0.4 is 10.2 Å². The molecule has 0 aromatic heterocycles. The lowest BCUT2D eigenvalue weighted by Crippen LogP contribution is -2.54. The molecular formula is C26H31F3N4O3. The van der Waals surface area contributed by atoms with Crippen molar-refractivity contribution in [1.29, 1.82) is 0 Å². The molecule has 194 valence electrons. The standard InChI is InChI=1S/C26H31F3N4O3/c27-26(28,29)21-6-4-5-20(17-21)25(19-30-24(35)36)9-11-33(12-10-25)23(34)18-31-13-15-32(16-14-31)22-7-2-1-3-8-22/h1-8,17,30H,9-16,18-19H2,(H,35,36). The second-order valence-corrected chi connectivity index (χ2v) is 9.50. The lowest BCUT2D eigenvalue weighted by Gasteiger charge is -2.43. The van der Waals surface area contributed by atoms with E-state index in [2.05, 4.69) is 27.2 Å². The zero-order valence-corrected chi connectivity index (χ0v) is 20.0. The fourth-order valence-electron chi connectivity index (χ4n) is 5.12. The van der Waals surface area contributed by atoms with Crippen LogP contribution in [-0.4, -0.2) is 79.3 Å². The van der Waals surface area contributed by atoms with Gasteiger partial charge in [-0.1, -0.05) is 36.4 Å². The zero-order valence-electron chi connectivity index (χ0n) is 20.0. The Balaban J connectivity index is 1.37. The molecule has 2 amide bonds. The average molecular weight is 505 g/mol. The molecule has 36 heavy (non-hydrogen) atoms. The van der Waals surface area contributed by atoms with Crippen LogP contribution in [0.4, 0.5) is 23.7 Å². The van der Waals surface area contributed by atoms with Crippen LogP contribution in [-0.2, 0) is 16.4 Å². The lowest BCUT2D eigenvalue weighted by atomic mass is 9.72. The first kappa shape index (κ1) is 25.8. The van der Waals surface area contributed by atoms with Gasteiger partial charge in [0.15, 0.2) is 0 Å². The molecule has 2 N–H and O–H groups in total. The van der Waals surface area contributed by atoms with Crippen molar-refractivity contribution < 1.29 is 27.9 Å². The maximum atomic E-state index is 13.3. The zero-order chi connectivity index (χ0) is 25.8. The number of anilines is 1. The summed E-state index contributed by atoms with van der Waals surface area (Å²) in [7, 11) is 0. The molecule has 0 unspecified atom stereocenters. The molecule has 4 rings (SSSR count). The van der Waals surface area contributed by atoms with E-state index in [1.807, 2.05) is 18.2 Å². The molecule has 2 aromatic rings. The minimum absolute atomic E-state index is 0.00683. The van der Waals surface area contributed by atoms with Gasteiger partial charge in [0, 0.05) is 56.9 Å². The molecule has 2 aliphatic rings.